The highest BCUT2D eigenvalue weighted by molar-refractivity contribution is 7.15. The molecule has 4 aromatic rings. The Morgan fingerprint density at radius 2 is 1.89 bits per heavy atom. The summed E-state index contributed by atoms with van der Waals surface area (Å²) in [7, 11) is 2.01. The van der Waals surface area contributed by atoms with E-state index in [9.17, 15) is 9.18 Å². The van der Waals surface area contributed by atoms with E-state index >= 15 is 0 Å². The topological polar surface area (TPSA) is 38.8 Å². The van der Waals surface area contributed by atoms with Crippen molar-refractivity contribution in [3.05, 3.63) is 93.5 Å². The van der Waals surface area contributed by atoms with E-state index < -0.39 is 0 Å². The van der Waals surface area contributed by atoms with Gasteiger partial charge in [-0.2, -0.15) is 0 Å². The quantitative estimate of drug-likeness (QED) is 0.578. The van der Waals surface area contributed by atoms with E-state index in [2.05, 4.69) is 4.98 Å². The van der Waals surface area contributed by atoms with Crippen LogP contribution in [0.25, 0.3) is 16.2 Å². The van der Waals surface area contributed by atoms with Gasteiger partial charge in [-0.3, -0.25) is 9.20 Å². The van der Waals surface area contributed by atoms with Crippen LogP contribution in [-0.4, -0.2) is 16.4 Å². The molecular weight excluding hydrogens is 361 g/mol. The summed E-state index contributed by atoms with van der Waals surface area (Å²) in [4.78, 5) is 19.2. The van der Waals surface area contributed by atoms with Crippen molar-refractivity contribution in [2.45, 2.75) is 13.1 Å². The molecule has 0 aliphatic rings. The molecule has 0 saturated carbocycles. The highest BCUT2D eigenvalue weighted by Crippen LogP contribution is 2.23. The molecule has 2 aromatic heterocycles. The van der Waals surface area contributed by atoms with Crippen molar-refractivity contribution in [3.8, 4) is 11.3 Å². The lowest BCUT2D eigenvalue weighted by atomic mass is 10.2. The maximum absolute atomic E-state index is 13.3. The Balaban J connectivity index is 1.59. The Kier molecular flexibility index (Phi) is 4.83. The summed E-state index contributed by atoms with van der Waals surface area (Å²) in [5, 5.41) is 1.96. The van der Waals surface area contributed by atoms with Crippen LogP contribution in [0.4, 0.5) is 4.39 Å². The minimum Gasteiger partial charge on any atom is -0.329 e. The van der Waals surface area contributed by atoms with Gasteiger partial charge >= 0.3 is 0 Å². The fourth-order valence-electron chi connectivity index (χ4n) is 3.23. The lowest BCUT2D eigenvalue weighted by Gasteiger charge is -2.13. The van der Waals surface area contributed by atoms with Gasteiger partial charge in [-0.1, -0.05) is 42.5 Å². The number of hydrogen-bond donors (Lipinski definition) is 1. The van der Waals surface area contributed by atoms with Gasteiger partial charge < -0.3 is 4.90 Å². The van der Waals surface area contributed by atoms with Crippen LogP contribution in [0, 0.1) is 5.82 Å². The third kappa shape index (κ3) is 3.82. The Hall–Kier alpha value is -2.83. The van der Waals surface area contributed by atoms with E-state index in [-0.39, 0.29) is 11.4 Å². The van der Waals surface area contributed by atoms with E-state index in [0.717, 1.165) is 27.4 Å². The monoisotopic (exact) mass is 380 g/mol. The number of thiazole rings is 1. The van der Waals surface area contributed by atoms with Gasteiger partial charge in [-0.05, 0) is 17.7 Å². The molecule has 27 heavy (non-hydrogen) atoms. The fraction of sp³-hybridized carbons (Fsp3) is 0.143. The van der Waals surface area contributed by atoms with Crippen LogP contribution in [-0.2, 0) is 13.1 Å². The summed E-state index contributed by atoms with van der Waals surface area (Å²) in [6.07, 6.45) is 0. The molecule has 0 spiro atoms. The summed E-state index contributed by atoms with van der Waals surface area (Å²) in [6, 6.07) is 18.0. The number of nitrogens with zero attached hydrogens (tertiary/aromatic N) is 2. The van der Waals surface area contributed by atoms with Crippen molar-refractivity contribution in [1.82, 2.24) is 9.38 Å². The third-order valence-corrected chi connectivity index (χ3v) is 5.23. The fourth-order valence-corrected chi connectivity index (χ4v) is 4.15. The van der Waals surface area contributed by atoms with E-state index in [1.807, 2.05) is 48.8 Å². The van der Waals surface area contributed by atoms with Crippen LogP contribution >= 0.6 is 11.3 Å². The summed E-state index contributed by atoms with van der Waals surface area (Å²) in [5.74, 6) is -0.231. The van der Waals surface area contributed by atoms with E-state index in [1.54, 1.807) is 22.6 Å². The summed E-state index contributed by atoms with van der Waals surface area (Å²) in [6.45, 7) is 1.26. The normalized spacial score (nSPS) is 12.4. The highest BCUT2D eigenvalue weighted by Gasteiger charge is 2.13. The molecule has 2 heterocycles. The predicted octanol–water partition coefficient (Wildman–Crippen LogP) is 2.78. The van der Waals surface area contributed by atoms with Gasteiger partial charge in [0.05, 0.1) is 12.7 Å². The molecular formula is C21H19FN3OS+. The standard InChI is InChI=1S/C21H18FN3OS/c1-24(12-15-6-5-9-17(22)10-15)13-18-11-20(26)25-19(14-27-21(25)23-18)16-7-3-2-4-8-16/h2-11,14H,12-13H2,1H3/p+1. The van der Waals surface area contributed by atoms with Crippen LogP contribution in [0.5, 0.6) is 0 Å². The maximum atomic E-state index is 13.3. The van der Waals surface area contributed by atoms with Crippen molar-refractivity contribution in [2.75, 3.05) is 7.05 Å². The molecule has 0 bridgehead atoms. The first-order valence-corrected chi connectivity index (χ1v) is 9.59. The average Bonchev–Trinajstić information content (AvgIpc) is 3.07. The van der Waals surface area contributed by atoms with Crippen LogP contribution in [0.2, 0.25) is 0 Å². The number of nitrogens with one attached hydrogen (secondary N) is 1. The number of fused-ring (bicyclic) bond motifs is 1. The molecule has 4 nitrogen and oxygen atoms in total. The van der Waals surface area contributed by atoms with E-state index in [0.29, 0.717) is 18.1 Å². The number of quaternary nitrogens is 1. The van der Waals surface area contributed by atoms with Gasteiger partial charge in [0.15, 0.2) is 4.96 Å². The Labute approximate surface area is 160 Å². The van der Waals surface area contributed by atoms with E-state index in [1.165, 1.54) is 17.4 Å². The summed E-state index contributed by atoms with van der Waals surface area (Å²) >= 11 is 1.46. The number of benzene rings is 2. The van der Waals surface area contributed by atoms with Crippen molar-refractivity contribution in [2.24, 2.45) is 0 Å². The molecule has 0 radical (unpaired) electrons. The zero-order chi connectivity index (χ0) is 18.8. The number of halogens is 1. The van der Waals surface area contributed by atoms with Gasteiger partial charge in [0.25, 0.3) is 5.56 Å². The van der Waals surface area contributed by atoms with Crippen molar-refractivity contribution < 1.29 is 9.29 Å². The number of hydrogen-bond acceptors (Lipinski definition) is 3. The van der Waals surface area contributed by atoms with Crippen LogP contribution in [0.1, 0.15) is 11.3 Å². The van der Waals surface area contributed by atoms with Crippen LogP contribution < -0.4 is 10.5 Å². The number of rotatable bonds is 5. The van der Waals surface area contributed by atoms with Crippen molar-refractivity contribution >= 4 is 16.3 Å². The van der Waals surface area contributed by atoms with Gasteiger partial charge in [-0.25, -0.2) is 9.37 Å². The Morgan fingerprint density at radius 1 is 1.07 bits per heavy atom. The minimum atomic E-state index is -0.231. The molecule has 2 aromatic carbocycles. The van der Waals surface area contributed by atoms with Crippen molar-refractivity contribution in [3.63, 3.8) is 0 Å². The molecule has 0 aliphatic heterocycles. The first-order valence-electron chi connectivity index (χ1n) is 8.71. The molecule has 0 amide bonds. The second-order valence-electron chi connectivity index (χ2n) is 6.63. The molecule has 0 aliphatic carbocycles. The molecule has 1 atom stereocenters. The molecule has 136 valence electrons. The number of aromatic nitrogens is 2. The van der Waals surface area contributed by atoms with E-state index in [4.69, 9.17) is 0 Å². The van der Waals surface area contributed by atoms with Gasteiger partial charge in [-0.15, -0.1) is 11.3 Å². The van der Waals surface area contributed by atoms with Crippen molar-refractivity contribution in [1.29, 1.82) is 0 Å². The second-order valence-corrected chi connectivity index (χ2v) is 7.47. The van der Waals surface area contributed by atoms with Gasteiger partial charge in [0.2, 0.25) is 0 Å². The maximum Gasteiger partial charge on any atom is 0.259 e. The first kappa shape index (κ1) is 17.6. The Morgan fingerprint density at radius 3 is 2.67 bits per heavy atom. The second kappa shape index (κ2) is 7.42. The largest absolute Gasteiger partial charge is 0.329 e. The van der Waals surface area contributed by atoms with Gasteiger partial charge in [0.1, 0.15) is 24.6 Å². The molecule has 4 rings (SSSR count). The zero-order valence-corrected chi connectivity index (χ0v) is 15.7. The zero-order valence-electron chi connectivity index (χ0n) is 14.9. The lowest BCUT2D eigenvalue weighted by Crippen LogP contribution is -3.06. The average molecular weight is 380 g/mol. The summed E-state index contributed by atoms with van der Waals surface area (Å²) < 4.78 is 15.0. The Bertz CT molecular complexity index is 1140. The molecule has 6 heteroatoms. The third-order valence-electron chi connectivity index (χ3n) is 4.41. The van der Waals surface area contributed by atoms with Gasteiger partial charge in [0, 0.05) is 17.0 Å². The van der Waals surface area contributed by atoms with Crippen LogP contribution in [0.15, 0.2) is 70.8 Å². The smallest absolute Gasteiger partial charge is 0.259 e. The highest BCUT2D eigenvalue weighted by atomic mass is 32.1. The SMILES string of the molecule is C[NH+](Cc1cccc(F)c1)Cc1cc(=O)n2c(-c3ccccc3)csc2n1. The molecule has 0 fully saturated rings. The lowest BCUT2D eigenvalue weighted by molar-refractivity contribution is -0.908. The minimum absolute atomic E-state index is 0.0753. The molecule has 0 saturated heterocycles. The van der Waals surface area contributed by atoms with Crippen LogP contribution in [0.3, 0.4) is 0 Å². The molecule has 1 unspecified atom stereocenters. The molecule has 1 N–H and O–H groups in total. The predicted molar refractivity (Wildman–Crippen MR) is 105 cm³/mol. The first-order chi connectivity index (χ1) is 13.1. The summed E-state index contributed by atoms with van der Waals surface area (Å²) in [5.41, 5.74) is 3.45.